The van der Waals surface area contributed by atoms with Crippen molar-refractivity contribution in [3.8, 4) is 0 Å². The molecule has 0 radical (unpaired) electrons. The van der Waals surface area contributed by atoms with Crippen molar-refractivity contribution < 1.29 is 0 Å². The summed E-state index contributed by atoms with van der Waals surface area (Å²) in [6.07, 6.45) is 1.07. The summed E-state index contributed by atoms with van der Waals surface area (Å²) in [5, 5.41) is 0.899. The van der Waals surface area contributed by atoms with E-state index >= 15 is 0 Å². The van der Waals surface area contributed by atoms with E-state index in [9.17, 15) is 0 Å². The second kappa shape index (κ2) is 4.47. The predicted molar refractivity (Wildman–Crippen MR) is 62.7 cm³/mol. The fourth-order valence-corrected chi connectivity index (χ4v) is 2.06. The molecule has 12 heavy (non-hydrogen) atoms. The summed E-state index contributed by atoms with van der Waals surface area (Å²) in [5.41, 5.74) is 1.26. The zero-order chi connectivity index (χ0) is 9.14. The second-order valence-corrected chi connectivity index (χ2v) is 4.99. The van der Waals surface area contributed by atoms with Crippen LogP contribution in [0.3, 0.4) is 0 Å². The van der Waals surface area contributed by atoms with Crippen LogP contribution in [0.5, 0.6) is 0 Å². The van der Waals surface area contributed by atoms with Gasteiger partial charge in [-0.25, -0.2) is 0 Å². The first-order valence-corrected chi connectivity index (χ1v) is 5.49. The van der Waals surface area contributed by atoms with E-state index < -0.39 is 0 Å². The molecule has 0 aromatic heterocycles. The zero-order valence-electron chi connectivity index (χ0n) is 7.27. The Bertz CT molecular complexity index is 269. The summed E-state index contributed by atoms with van der Waals surface area (Å²) >= 11 is 8.34. The minimum Gasteiger partial charge on any atom is -0.0840 e. The van der Waals surface area contributed by atoms with E-state index in [1.807, 2.05) is 6.07 Å². The van der Waals surface area contributed by atoms with E-state index in [4.69, 9.17) is 11.6 Å². The third-order valence-corrected chi connectivity index (χ3v) is 2.67. The summed E-state index contributed by atoms with van der Waals surface area (Å²) in [6.45, 7) is 4.41. The quantitative estimate of drug-likeness (QED) is 0.719. The van der Waals surface area contributed by atoms with Crippen LogP contribution >= 0.6 is 34.2 Å². The van der Waals surface area contributed by atoms with Gasteiger partial charge in [-0.3, -0.25) is 0 Å². The monoisotopic (exact) mass is 294 g/mol. The molecule has 0 fully saturated rings. The topological polar surface area (TPSA) is 0 Å². The number of benzene rings is 1. The first kappa shape index (κ1) is 10.3. The number of halogens is 2. The Hall–Kier alpha value is 0.240. The molecular weight excluding hydrogens is 282 g/mol. The summed E-state index contributed by atoms with van der Waals surface area (Å²) in [6, 6.07) is 6.23. The molecule has 0 heterocycles. The highest BCUT2D eigenvalue weighted by Gasteiger charge is 2.02. The van der Waals surface area contributed by atoms with Crippen LogP contribution in [0.25, 0.3) is 0 Å². The molecule has 0 nitrogen and oxygen atoms in total. The molecule has 1 aromatic rings. The SMILES string of the molecule is CC(C)Cc1ccc(I)cc1Cl. The third kappa shape index (κ3) is 2.94. The molecule has 0 amide bonds. The first-order valence-electron chi connectivity index (χ1n) is 4.03. The molecule has 66 valence electrons. The maximum Gasteiger partial charge on any atom is 0.0448 e. The number of hydrogen-bond donors (Lipinski definition) is 0. The van der Waals surface area contributed by atoms with Crippen LogP contribution in [0.4, 0.5) is 0 Å². The van der Waals surface area contributed by atoms with Gasteiger partial charge in [0.2, 0.25) is 0 Å². The van der Waals surface area contributed by atoms with Gasteiger partial charge in [-0.2, -0.15) is 0 Å². The minimum absolute atomic E-state index is 0.669. The molecule has 2 heteroatoms. The Morgan fingerprint density at radius 3 is 2.58 bits per heavy atom. The van der Waals surface area contributed by atoms with E-state index in [1.54, 1.807) is 0 Å². The van der Waals surface area contributed by atoms with Crippen molar-refractivity contribution in [3.05, 3.63) is 32.4 Å². The van der Waals surface area contributed by atoms with E-state index in [-0.39, 0.29) is 0 Å². The molecule has 0 bridgehead atoms. The Balaban J connectivity index is 2.86. The Kier molecular flexibility index (Phi) is 3.84. The van der Waals surface area contributed by atoms with Gasteiger partial charge in [0, 0.05) is 8.59 Å². The summed E-state index contributed by atoms with van der Waals surface area (Å²) in [4.78, 5) is 0. The summed E-state index contributed by atoms with van der Waals surface area (Å²) in [5.74, 6) is 0.669. The molecule has 0 saturated heterocycles. The van der Waals surface area contributed by atoms with Crippen molar-refractivity contribution in [2.75, 3.05) is 0 Å². The predicted octanol–water partition coefficient (Wildman–Crippen LogP) is 4.14. The largest absolute Gasteiger partial charge is 0.0840 e. The molecular formula is C10H12ClI. The van der Waals surface area contributed by atoms with Gasteiger partial charge in [0.1, 0.15) is 0 Å². The second-order valence-electron chi connectivity index (χ2n) is 3.33. The average Bonchev–Trinajstić information content (AvgIpc) is 1.94. The van der Waals surface area contributed by atoms with Crippen LogP contribution in [0.2, 0.25) is 5.02 Å². The van der Waals surface area contributed by atoms with Gasteiger partial charge in [-0.05, 0) is 52.6 Å². The third-order valence-electron chi connectivity index (χ3n) is 1.64. The molecule has 0 N–H and O–H groups in total. The highest BCUT2D eigenvalue weighted by molar-refractivity contribution is 14.1. The van der Waals surface area contributed by atoms with Gasteiger partial charge in [0.25, 0.3) is 0 Å². The fraction of sp³-hybridized carbons (Fsp3) is 0.400. The smallest absolute Gasteiger partial charge is 0.0448 e. The van der Waals surface area contributed by atoms with Crippen LogP contribution in [0.15, 0.2) is 18.2 Å². The van der Waals surface area contributed by atoms with Gasteiger partial charge in [-0.15, -0.1) is 0 Å². The standard InChI is InChI=1S/C10H12ClI/c1-7(2)5-8-3-4-9(12)6-10(8)11/h3-4,6-7H,5H2,1-2H3. The van der Waals surface area contributed by atoms with Crippen molar-refractivity contribution in [2.45, 2.75) is 20.3 Å². The molecule has 0 aliphatic heterocycles. The Morgan fingerprint density at radius 2 is 2.08 bits per heavy atom. The van der Waals surface area contributed by atoms with E-state index in [0.717, 1.165) is 11.4 Å². The lowest BCUT2D eigenvalue weighted by molar-refractivity contribution is 0.647. The van der Waals surface area contributed by atoms with Crippen molar-refractivity contribution in [3.63, 3.8) is 0 Å². The van der Waals surface area contributed by atoms with Crippen LogP contribution in [0, 0.1) is 9.49 Å². The molecule has 0 atom stereocenters. The normalized spacial score (nSPS) is 10.8. The van der Waals surface area contributed by atoms with Crippen molar-refractivity contribution in [2.24, 2.45) is 5.92 Å². The molecule has 0 unspecified atom stereocenters. The molecule has 1 rings (SSSR count). The molecule has 0 spiro atoms. The van der Waals surface area contributed by atoms with Gasteiger partial charge < -0.3 is 0 Å². The van der Waals surface area contributed by atoms with Crippen molar-refractivity contribution in [1.82, 2.24) is 0 Å². The minimum atomic E-state index is 0.669. The maximum absolute atomic E-state index is 6.07. The summed E-state index contributed by atoms with van der Waals surface area (Å²) < 4.78 is 1.20. The van der Waals surface area contributed by atoms with Crippen LogP contribution in [0.1, 0.15) is 19.4 Å². The number of rotatable bonds is 2. The fourth-order valence-electron chi connectivity index (χ4n) is 1.13. The molecule has 0 aliphatic rings. The van der Waals surface area contributed by atoms with Crippen LogP contribution < -0.4 is 0 Å². The van der Waals surface area contributed by atoms with E-state index in [1.165, 1.54) is 9.13 Å². The molecule has 1 aromatic carbocycles. The van der Waals surface area contributed by atoms with Crippen molar-refractivity contribution >= 4 is 34.2 Å². The van der Waals surface area contributed by atoms with Gasteiger partial charge in [0.15, 0.2) is 0 Å². The van der Waals surface area contributed by atoms with Crippen molar-refractivity contribution in [1.29, 1.82) is 0 Å². The zero-order valence-corrected chi connectivity index (χ0v) is 10.2. The first-order chi connectivity index (χ1) is 5.59. The summed E-state index contributed by atoms with van der Waals surface area (Å²) in [7, 11) is 0. The number of hydrogen-bond acceptors (Lipinski definition) is 0. The van der Waals surface area contributed by atoms with Crippen LogP contribution in [-0.4, -0.2) is 0 Å². The average molecular weight is 295 g/mol. The molecule has 0 aliphatic carbocycles. The van der Waals surface area contributed by atoms with Gasteiger partial charge >= 0.3 is 0 Å². The molecule has 0 saturated carbocycles. The highest BCUT2D eigenvalue weighted by Crippen LogP contribution is 2.21. The van der Waals surface area contributed by atoms with Gasteiger partial charge in [-0.1, -0.05) is 31.5 Å². The Morgan fingerprint density at radius 1 is 1.42 bits per heavy atom. The lowest BCUT2D eigenvalue weighted by Crippen LogP contribution is -1.94. The van der Waals surface area contributed by atoms with Gasteiger partial charge in [0.05, 0.1) is 0 Å². The van der Waals surface area contributed by atoms with E-state index in [2.05, 4.69) is 48.6 Å². The Labute approximate surface area is 92.5 Å². The van der Waals surface area contributed by atoms with Crippen LogP contribution in [-0.2, 0) is 6.42 Å². The van der Waals surface area contributed by atoms with E-state index in [0.29, 0.717) is 5.92 Å². The maximum atomic E-state index is 6.07. The lowest BCUT2D eigenvalue weighted by atomic mass is 10.0. The lowest BCUT2D eigenvalue weighted by Gasteiger charge is -2.06. The highest BCUT2D eigenvalue weighted by atomic mass is 127.